The van der Waals surface area contributed by atoms with Gasteiger partial charge in [0.05, 0.1) is 5.56 Å². The number of benzene rings is 2. The van der Waals surface area contributed by atoms with Gasteiger partial charge in [0, 0.05) is 9.79 Å². The van der Waals surface area contributed by atoms with Crippen molar-refractivity contribution in [3.8, 4) is 6.07 Å². The van der Waals surface area contributed by atoms with Gasteiger partial charge in [-0.1, -0.05) is 23.9 Å². The number of rotatable bonds is 2. The highest BCUT2D eigenvalue weighted by molar-refractivity contribution is 7.99. The Hall–Kier alpha value is -1.79. The number of hydrogen-bond donors (Lipinski definition) is 0. The van der Waals surface area contributed by atoms with Crippen LogP contribution in [0.25, 0.3) is 0 Å². The third kappa shape index (κ3) is 2.66. The number of nitrogens with zero attached hydrogens (tertiary/aromatic N) is 1. The predicted molar refractivity (Wildman–Crippen MR) is 66.4 cm³/mol. The van der Waals surface area contributed by atoms with Crippen molar-refractivity contribution in [3.05, 3.63) is 59.4 Å². The summed E-state index contributed by atoms with van der Waals surface area (Å²) in [7, 11) is 0. The second-order valence-corrected chi connectivity index (χ2v) is 4.70. The maximum Gasteiger partial charge on any atom is 0.123 e. The van der Waals surface area contributed by atoms with E-state index in [9.17, 15) is 4.39 Å². The first kappa shape index (κ1) is 11.7. The maximum absolute atomic E-state index is 12.8. The molecule has 2 rings (SSSR count). The van der Waals surface area contributed by atoms with Gasteiger partial charge in [-0.15, -0.1) is 0 Å². The van der Waals surface area contributed by atoms with Crippen molar-refractivity contribution in [2.45, 2.75) is 16.7 Å². The topological polar surface area (TPSA) is 23.8 Å². The van der Waals surface area contributed by atoms with E-state index >= 15 is 0 Å². The zero-order valence-electron chi connectivity index (χ0n) is 9.27. The Balaban J connectivity index is 2.36. The van der Waals surface area contributed by atoms with E-state index in [2.05, 4.69) is 6.07 Å². The van der Waals surface area contributed by atoms with E-state index in [0.717, 1.165) is 15.4 Å². The highest BCUT2D eigenvalue weighted by Crippen LogP contribution is 2.32. The predicted octanol–water partition coefficient (Wildman–Crippen LogP) is 4.16. The molecule has 0 aliphatic carbocycles. The van der Waals surface area contributed by atoms with Gasteiger partial charge < -0.3 is 0 Å². The molecule has 0 unspecified atom stereocenters. The second kappa shape index (κ2) is 5.03. The van der Waals surface area contributed by atoms with Gasteiger partial charge in [-0.05, 0) is 42.8 Å². The first-order valence-electron chi connectivity index (χ1n) is 5.14. The van der Waals surface area contributed by atoms with E-state index in [1.165, 1.54) is 23.9 Å². The molecule has 2 aromatic rings. The zero-order chi connectivity index (χ0) is 12.3. The van der Waals surface area contributed by atoms with E-state index in [1.54, 1.807) is 18.2 Å². The Labute approximate surface area is 104 Å². The number of halogens is 1. The third-order valence-electron chi connectivity index (χ3n) is 2.37. The summed E-state index contributed by atoms with van der Waals surface area (Å²) < 4.78 is 12.8. The molecule has 0 spiro atoms. The molecular weight excluding hydrogens is 233 g/mol. The summed E-state index contributed by atoms with van der Waals surface area (Å²) in [6.07, 6.45) is 0. The zero-order valence-corrected chi connectivity index (χ0v) is 10.1. The van der Waals surface area contributed by atoms with Gasteiger partial charge in [-0.3, -0.25) is 0 Å². The highest BCUT2D eigenvalue weighted by atomic mass is 32.2. The molecule has 0 aliphatic heterocycles. The summed E-state index contributed by atoms with van der Waals surface area (Å²) in [5.74, 6) is -0.250. The molecule has 1 nitrogen and oxygen atoms in total. The molecule has 0 amide bonds. The molecule has 0 radical (unpaired) electrons. The van der Waals surface area contributed by atoms with Crippen LogP contribution in [0.3, 0.4) is 0 Å². The van der Waals surface area contributed by atoms with Gasteiger partial charge in [0.2, 0.25) is 0 Å². The first-order valence-corrected chi connectivity index (χ1v) is 5.95. The van der Waals surface area contributed by atoms with Crippen LogP contribution in [0, 0.1) is 24.1 Å². The fraction of sp³-hybridized carbons (Fsp3) is 0.0714. The molecule has 0 bridgehead atoms. The summed E-state index contributed by atoms with van der Waals surface area (Å²) in [6.45, 7) is 1.96. The summed E-state index contributed by atoms with van der Waals surface area (Å²) >= 11 is 1.48. The summed E-state index contributed by atoms with van der Waals surface area (Å²) in [5, 5.41) is 9.04. The van der Waals surface area contributed by atoms with Crippen LogP contribution < -0.4 is 0 Å². The van der Waals surface area contributed by atoms with Gasteiger partial charge >= 0.3 is 0 Å². The van der Waals surface area contributed by atoms with Crippen molar-refractivity contribution in [2.24, 2.45) is 0 Å². The van der Waals surface area contributed by atoms with Gasteiger partial charge in [0.15, 0.2) is 0 Å². The normalized spacial score (nSPS) is 9.94. The highest BCUT2D eigenvalue weighted by Gasteiger charge is 2.07. The van der Waals surface area contributed by atoms with Crippen molar-refractivity contribution in [2.75, 3.05) is 0 Å². The van der Waals surface area contributed by atoms with Crippen LogP contribution in [-0.2, 0) is 0 Å². The summed E-state index contributed by atoms with van der Waals surface area (Å²) in [4.78, 5) is 1.86. The molecule has 0 N–H and O–H groups in total. The average Bonchev–Trinajstić information content (AvgIpc) is 2.34. The molecule has 0 fully saturated rings. The lowest BCUT2D eigenvalue weighted by Crippen LogP contribution is -1.85. The molecule has 0 atom stereocenters. The molecule has 0 aliphatic rings. The standard InChI is InChI=1S/C14H10FNS/c1-10-3-2-4-11(9-16)14(10)17-13-7-5-12(15)6-8-13/h2-8H,1H3. The van der Waals surface area contributed by atoms with Crippen molar-refractivity contribution >= 4 is 11.8 Å². The van der Waals surface area contributed by atoms with E-state index in [1.807, 2.05) is 19.1 Å². The fourth-order valence-electron chi connectivity index (χ4n) is 1.50. The lowest BCUT2D eigenvalue weighted by atomic mass is 10.1. The molecular formula is C14H10FNS. The minimum Gasteiger partial charge on any atom is -0.207 e. The monoisotopic (exact) mass is 243 g/mol. The van der Waals surface area contributed by atoms with Crippen molar-refractivity contribution in [3.63, 3.8) is 0 Å². The fourth-order valence-corrected chi connectivity index (χ4v) is 2.46. The Morgan fingerprint density at radius 3 is 2.47 bits per heavy atom. The van der Waals surface area contributed by atoms with Crippen molar-refractivity contribution in [1.82, 2.24) is 0 Å². The van der Waals surface area contributed by atoms with Crippen LogP contribution in [0.2, 0.25) is 0 Å². The smallest absolute Gasteiger partial charge is 0.123 e. The lowest BCUT2D eigenvalue weighted by molar-refractivity contribution is 0.626. The van der Waals surface area contributed by atoms with Crippen LogP contribution in [0.1, 0.15) is 11.1 Å². The van der Waals surface area contributed by atoms with Gasteiger partial charge in [0.1, 0.15) is 11.9 Å². The van der Waals surface area contributed by atoms with Gasteiger partial charge in [-0.25, -0.2) is 4.39 Å². The van der Waals surface area contributed by atoms with E-state index in [0.29, 0.717) is 5.56 Å². The van der Waals surface area contributed by atoms with Gasteiger partial charge in [-0.2, -0.15) is 5.26 Å². The molecule has 0 saturated heterocycles. The Bertz CT molecular complexity index is 570. The number of hydrogen-bond acceptors (Lipinski definition) is 2. The van der Waals surface area contributed by atoms with Crippen LogP contribution in [0.15, 0.2) is 52.3 Å². The first-order chi connectivity index (χ1) is 8.20. The third-order valence-corrected chi connectivity index (χ3v) is 3.62. The van der Waals surface area contributed by atoms with Crippen molar-refractivity contribution in [1.29, 1.82) is 5.26 Å². The molecule has 17 heavy (non-hydrogen) atoms. The number of aryl methyl sites for hydroxylation is 1. The molecule has 0 heterocycles. The summed E-state index contributed by atoms with van der Waals surface area (Å²) in [5.41, 5.74) is 1.71. The average molecular weight is 243 g/mol. The molecule has 2 aromatic carbocycles. The molecule has 0 saturated carbocycles. The second-order valence-electron chi connectivity index (χ2n) is 3.62. The van der Waals surface area contributed by atoms with Crippen LogP contribution >= 0.6 is 11.8 Å². The van der Waals surface area contributed by atoms with E-state index < -0.39 is 0 Å². The maximum atomic E-state index is 12.8. The Morgan fingerprint density at radius 1 is 1.12 bits per heavy atom. The Kier molecular flexibility index (Phi) is 3.46. The molecule has 3 heteroatoms. The van der Waals surface area contributed by atoms with Crippen LogP contribution in [-0.4, -0.2) is 0 Å². The van der Waals surface area contributed by atoms with Gasteiger partial charge in [0.25, 0.3) is 0 Å². The van der Waals surface area contributed by atoms with E-state index in [-0.39, 0.29) is 5.82 Å². The van der Waals surface area contributed by atoms with Crippen LogP contribution in [0.5, 0.6) is 0 Å². The Morgan fingerprint density at radius 2 is 1.82 bits per heavy atom. The summed E-state index contributed by atoms with van der Waals surface area (Å²) in [6, 6.07) is 14.1. The van der Waals surface area contributed by atoms with E-state index in [4.69, 9.17) is 5.26 Å². The van der Waals surface area contributed by atoms with Crippen LogP contribution in [0.4, 0.5) is 4.39 Å². The number of nitriles is 1. The lowest BCUT2D eigenvalue weighted by Gasteiger charge is -2.07. The largest absolute Gasteiger partial charge is 0.207 e. The quantitative estimate of drug-likeness (QED) is 0.790. The minimum atomic E-state index is -0.250. The minimum absolute atomic E-state index is 0.250. The molecule has 84 valence electrons. The molecule has 0 aromatic heterocycles. The van der Waals surface area contributed by atoms with Crippen molar-refractivity contribution < 1.29 is 4.39 Å². The SMILES string of the molecule is Cc1cccc(C#N)c1Sc1ccc(F)cc1.